The van der Waals surface area contributed by atoms with Gasteiger partial charge < -0.3 is 42.6 Å². The second-order valence-corrected chi connectivity index (χ2v) is 15.3. The van der Waals surface area contributed by atoms with Gasteiger partial charge in [0.15, 0.2) is 0 Å². The van der Waals surface area contributed by atoms with Crippen molar-refractivity contribution in [2.75, 3.05) is 0 Å². The normalized spacial score (nSPS) is 12.4. The van der Waals surface area contributed by atoms with Crippen LogP contribution in [0.4, 0.5) is 0 Å². The van der Waals surface area contributed by atoms with E-state index < -0.39 is 11.4 Å². The Morgan fingerprint density at radius 2 is 0.696 bits per heavy atom. The molecule has 0 aliphatic carbocycles. The van der Waals surface area contributed by atoms with Crippen LogP contribution in [0, 0.1) is 0 Å². The smallest absolute Gasteiger partial charge is 0.691 e. The molecule has 11 heteroatoms. The summed E-state index contributed by atoms with van der Waals surface area (Å²) in [6.45, 7) is 15.2. The van der Waals surface area contributed by atoms with Gasteiger partial charge in [-0.1, -0.05) is 23.6 Å². The number of hydrogen-bond donors (Lipinski definition) is 0. The van der Waals surface area contributed by atoms with Crippen molar-refractivity contribution in [2.24, 2.45) is 0 Å². The van der Waals surface area contributed by atoms with Gasteiger partial charge in [-0.15, -0.1) is 0 Å². The molecule has 0 aromatic heterocycles. The van der Waals surface area contributed by atoms with Crippen LogP contribution in [-0.2, 0) is 85.7 Å². The quantitative estimate of drug-likeness (QED) is 0.260. The largest absolute Gasteiger partial charge is 2.00 e. The summed E-state index contributed by atoms with van der Waals surface area (Å²) >= 11 is 19.9. The van der Waals surface area contributed by atoms with E-state index in [2.05, 4.69) is 0 Å². The van der Waals surface area contributed by atoms with Crippen LogP contribution in [0.1, 0.15) is 55.4 Å². The molecule has 0 aliphatic rings. The third-order valence-electron chi connectivity index (χ3n) is 1.36. The molecule has 0 rings (SSSR count). The van der Waals surface area contributed by atoms with E-state index in [1.54, 1.807) is 0 Å². The van der Waals surface area contributed by atoms with Crippen molar-refractivity contribution in [1.82, 2.24) is 0 Å². The summed E-state index contributed by atoms with van der Waals surface area (Å²) in [7, 11) is 0. The first-order valence-electron chi connectivity index (χ1n) is 7.02. The van der Waals surface area contributed by atoms with E-state index in [0.717, 1.165) is 0 Å². The molecule has 136 valence electrons. The van der Waals surface area contributed by atoms with E-state index in [1.807, 2.05) is 55.4 Å². The van der Waals surface area contributed by atoms with Crippen LogP contribution in [0.5, 0.6) is 0 Å². The molecule has 0 heterocycles. The third-order valence-corrected chi connectivity index (χ3v) is 6.14. The fraction of sp³-hybridized carbons (Fsp3) is 1.00. The number of rotatable bonds is 8. The zero-order valence-electron chi connectivity index (χ0n) is 15.2. The minimum absolute atomic E-state index is 0. The predicted octanol–water partition coefficient (Wildman–Crippen LogP) is 5.21. The molecule has 0 saturated heterocycles. The summed E-state index contributed by atoms with van der Waals surface area (Å²) in [6.07, 6.45) is 0.211. The summed E-state index contributed by atoms with van der Waals surface area (Å²) in [5, 5.41) is 0. The Kier molecular flexibility index (Phi) is 19.1. The average Bonchev–Trinajstić information content (AvgIpc) is 2.06. The first kappa shape index (κ1) is 30.2. The summed E-state index contributed by atoms with van der Waals surface area (Å²) < 4.78 is 21.1. The minimum atomic E-state index is -2.39. The van der Waals surface area contributed by atoms with E-state index >= 15 is 0 Å². The molecular weight excluding hydrogens is 464 g/mol. The molecule has 0 aromatic carbocycles. The summed E-state index contributed by atoms with van der Waals surface area (Å²) in [5.74, 6) is 0. The Bertz CT molecular complexity index is 331. The molecule has 0 bridgehead atoms. The van der Waals surface area contributed by atoms with E-state index in [-0.39, 0.29) is 43.9 Å². The SMILES string of the molecule is CC(C)OP(=S)([S-])OC(C)C.CC(C)OP(=S)([S-])OC(C)C.[Zn+2]. The van der Waals surface area contributed by atoms with Gasteiger partial charge in [-0.2, -0.15) is 0 Å². The molecule has 0 saturated carbocycles. The van der Waals surface area contributed by atoms with E-state index in [9.17, 15) is 0 Å². The molecule has 0 atom stereocenters. The molecule has 0 aromatic rings. The van der Waals surface area contributed by atoms with E-state index in [0.29, 0.717) is 0 Å². The fourth-order valence-corrected chi connectivity index (χ4v) is 7.38. The van der Waals surface area contributed by atoms with E-state index in [4.69, 9.17) is 66.2 Å². The van der Waals surface area contributed by atoms with Gasteiger partial charge in [-0.25, -0.2) is 0 Å². The van der Waals surface area contributed by atoms with Crippen LogP contribution >= 0.6 is 11.4 Å². The molecular formula is C12H28O4P2S4Zn. The van der Waals surface area contributed by atoms with Crippen molar-refractivity contribution in [3.05, 3.63) is 0 Å². The molecule has 4 nitrogen and oxygen atoms in total. The van der Waals surface area contributed by atoms with Crippen molar-refractivity contribution in [3.8, 4) is 0 Å². The molecule has 23 heavy (non-hydrogen) atoms. The van der Waals surface area contributed by atoms with Crippen molar-refractivity contribution in [1.29, 1.82) is 0 Å². The second-order valence-electron chi connectivity index (χ2n) is 5.51. The maximum Gasteiger partial charge on any atom is 2.00 e. The molecule has 0 N–H and O–H groups in total. The zero-order valence-corrected chi connectivity index (χ0v) is 23.2. The average molecular weight is 492 g/mol. The van der Waals surface area contributed by atoms with Gasteiger partial charge in [0.25, 0.3) is 0 Å². The Balaban J connectivity index is -0.000000333. The zero-order chi connectivity index (χ0) is 18.1. The topological polar surface area (TPSA) is 36.9 Å². The molecule has 0 spiro atoms. The van der Waals surface area contributed by atoms with E-state index in [1.165, 1.54) is 0 Å². The summed E-state index contributed by atoms with van der Waals surface area (Å²) in [5.41, 5.74) is -4.78. The predicted molar refractivity (Wildman–Crippen MR) is 108 cm³/mol. The van der Waals surface area contributed by atoms with Crippen LogP contribution < -0.4 is 0 Å². The van der Waals surface area contributed by atoms with Crippen LogP contribution in [0.25, 0.3) is 0 Å². The van der Waals surface area contributed by atoms with Gasteiger partial charge in [0, 0.05) is 0 Å². The van der Waals surface area contributed by atoms with Crippen LogP contribution in [0.2, 0.25) is 0 Å². The van der Waals surface area contributed by atoms with Gasteiger partial charge in [-0.3, -0.25) is 0 Å². The van der Waals surface area contributed by atoms with Crippen LogP contribution in [0.15, 0.2) is 0 Å². The van der Waals surface area contributed by atoms with Gasteiger partial charge in [-0.05, 0) is 55.4 Å². The molecule has 0 amide bonds. The van der Waals surface area contributed by atoms with Crippen molar-refractivity contribution < 1.29 is 37.6 Å². The summed E-state index contributed by atoms with van der Waals surface area (Å²) in [4.78, 5) is 0. The van der Waals surface area contributed by atoms with Gasteiger partial charge in [0.05, 0.1) is 35.8 Å². The first-order chi connectivity index (χ1) is 9.67. The molecule has 0 fully saturated rings. The number of hydrogen-bond acceptors (Lipinski definition) is 8. The van der Waals surface area contributed by atoms with Crippen molar-refractivity contribution in [3.63, 3.8) is 0 Å². The van der Waals surface area contributed by atoms with Gasteiger partial charge in [0.2, 0.25) is 0 Å². The Morgan fingerprint density at radius 3 is 0.783 bits per heavy atom. The maximum absolute atomic E-state index is 5.27. The molecule has 0 aliphatic heterocycles. The molecule has 0 unspecified atom stereocenters. The molecule has 0 radical (unpaired) electrons. The summed E-state index contributed by atoms with van der Waals surface area (Å²) in [6, 6.07) is 0. The minimum Gasteiger partial charge on any atom is -0.691 e. The Morgan fingerprint density at radius 1 is 0.565 bits per heavy atom. The van der Waals surface area contributed by atoms with Crippen molar-refractivity contribution >= 4 is 59.5 Å². The van der Waals surface area contributed by atoms with Crippen LogP contribution in [-0.4, -0.2) is 24.4 Å². The Hall–Kier alpha value is 2.46. The monoisotopic (exact) mass is 490 g/mol. The maximum atomic E-state index is 5.27. The van der Waals surface area contributed by atoms with Crippen LogP contribution in [0.3, 0.4) is 0 Å². The second kappa shape index (κ2) is 14.5. The van der Waals surface area contributed by atoms with Gasteiger partial charge in [0.1, 0.15) is 0 Å². The first-order valence-corrected chi connectivity index (χ1v) is 14.3. The third kappa shape index (κ3) is 24.5. The van der Waals surface area contributed by atoms with Gasteiger partial charge >= 0.3 is 19.5 Å². The van der Waals surface area contributed by atoms with Crippen molar-refractivity contribution in [2.45, 2.75) is 79.8 Å². The fourth-order valence-electron chi connectivity index (χ4n) is 1.08. The standard InChI is InChI=1S/2C6H15O2PS2.Zn/c2*1-5(2)7-9(10,11)8-6(3)4;/h2*5-6H,1-4H3,(H,10,11);/q;;+2/p-2. The Labute approximate surface area is 175 Å².